The maximum absolute atomic E-state index is 12.6. The van der Waals surface area contributed by atoms with Crippen LogP contribution in [0, 0.1) is 5.41 Å². The number of imidazole rings is 1. The van der Waals surface area contributed by atoms with Gasteiger partial charge in [0.15, 0.2) is 16.7 Å². The van der Waals surface area contributed by atoms with Crippen molar-refractivity contribution in [2.24, 2.45) is 5.41 Å². The molecule has 226 valence electrons. The number of pyridine rings is 1. The quantitative estimate of drug-likeness (QED) is 0.147. The average molecular weight is 625 g/mol. The van der Waals surface area contributed by atoms with Crippen molar-refractivity contribution < 1.29 is 81.7 Å². The predicted molar refractivity (Wildman–Crippen MR) is 140 cm³/mol. The van der Waals surface area contributed by atoms with Gasteiger partial charge in [-0.15, -0.1) is 0 Å². The molecule has 0 aliphatic heterocycles. The van der Waals surface area contributed by atoms with Crippen LogP contribution < -0.4 is 54.2 Å². The maximum atomic E-state index is 12.6. The number of aliphatic carboxylic acids is 1. The molecule has 1 aromatic carbocycles. The Hall–Kier alpha value is -2.89. The zero-order valence-corrected chi connectivity index (χ0v) is 26.5. The molecule has 17 heteroatoms. The number of carbonyl (C=O) groups is 2. The van der Waals surface area contributed by atoms with Crippen molar-refractivity contribution in [2.75, 3.05) is 27.4 Å². The summed E-state index contributed by atoms with van der Waals surface area (Å²) in [5.41, 5.74) is 0.427. The van der Waals surface area contributed by atoms with Crippen molar-refractivity contribution in [3.05, 3.63) is 36.2 Å². The average Bonchev–Trinajstić information content (AvgIpc) is 3.36. The number of carboxylic acids is 1. The molecule has 2 atom stereocenters. The van der Waals surface area contributed by atoms with Crippen LogP contribution in [-0.2, 0) is 26.1 Å². The minimum Gasteiger partial charge on any atom is -0.550 e. The first kappa shape index (κ1) is 37.1. The number of aromatic nitrogens is 3. The molecule has 2 heterocycles. The third-order valence-electron chi connectivity index (χ3n) is 5.53. The first-order valence-corrected chi connectivity index (χ1v) is 13.3. The van der Waals surface area contributed by atoms with E-state index in [-0.39, 0.29) is 65.8 Å². The van der Waals surface area contributed by atoms with Gasteiger partial charge in [0, 0.05) is 42.7 Å². The van der Waals surface area contributed by atoms with Crippen LogP contribution in [0.2, 0.25) is 0 Å². The van der Waals surface area contributed by atoms with E-state index in [1.807, 2.05) is 0 Å². The molecular weight excluding hydrogens is 593 g/mol. The molecule has 3 rings (SSSR count). The third kappa shape index (κ3) is 10.7. The van der Waals surface area contributed by atoms with E-state index in [1.54, 1.807) is 6.07 Å². The van der Waals surface area contributed by atoms with Crippen LogP contribution in [0.25, 0.3) is 11.0 Å². The summed E-state index contributed by atoms with van der Waals surface area (Å²) in [7, 11) is 1.41. The summed E-state index contributed by atoms with van der Waals surface area (Å²) in [6.07, 6.45) is -0.150. The number of amides is 1. The number of hydrogen-bond donors (Lipinski definition) is 4. The van der Waals surface area contributed by atoms with Gasteiger partial charge in [0.2, 0.25) is 5.91 Å². The summed E-state index contributed by atoms with van der Waals surface area (Å²) in [4.78, 5) is 32.6. The molecule has 1 unspecified atom stereocenters. The number of ether oxygens (including phenoxy) is 3. The van der Waals surface area contributed by atoms with Crippen molar-refractivity contribution in [3.8, 4) is 17.2 Å². The van der Waals surface area contributed by atoms with Gasteiger partial charge in [0.05, 0.1) is 54.1 Å². The Labute approximate surface area is 264 Å². The number of rotatable bonds is 13. The molecule has 0 fully saturated rings. The summed E-state index contributed by atoms with van der Waals surface area (Å²) in [6, 6.07) is 5.89. The SMILES string of the molecule is CC(C)(CO)[C@@H](O)C(=O)NCCC(=O)[O-].COc1ccnc(CS(=O)c2nc3ccc(OC(F)F)cc3[nH]2)c1OC.[Na+]. The van der Waals surface area contributed by atoms with Crippen LogP contribution in [0.3, 0.4) is 0 Å². The second-order valence-electron chi connectivity index (χ2n) is 9.04. The fourth-order valence-corrected chi connectivity index (χ4v) is 4.24. The number of halogens is 2. The molecule has 42 heavy (non-hydrogen) atoms. The van der Waals surface area contributed by atoms with E-state index >= 15 is 0 Å². The Kier molecular flexibility index (Phi) is 15.3. The van der Waals surface area contributed by atoms with E-state index in [4.69, 9.17) is 14.6 Å². The van der Waals surface area contributed by atoms with Gasteiger partial charge in [-0.1, -0.05) is 13.8 Å². The van der Waals surface area contributed by atoms with E-state index in [0.717, 1.165) is 0 Å². The number of carboxylic acid groups (broad SMARTS) is 1. The largest absolute Gasteiger partial charge is 1.00 e. The van der Waals surface area contributed by atoms with E-state index in [9.17, 15) is 32.8 Å². The predicted octanol–water partition coefficient (Wildman–Crippen LogP) is -2.49. The molecule has 0 radical (unpaired) electrons. The number of hydrogen-bond acceptors (Lipinski definition) is 11. The van der Waals surface area contributed by atoms with Gasteiger partial charge in [-0.05, 0) is 12.1 Å². The summed E-state index contributed by atoms with van der Waals surface area (Å²) in [6.45, 7) is -0.316. The minimum atomic E-state index is -2.92. The van der Waals surface area contributed by atoms with Crippen LogP contribution in [0.5, 0.6) is 17.2 Å². The molecule has 0 spiro atoms. The van der Waals surface area contributed by atoms with Crippen molar-refractivity contribution in [2.45, 2.75) is 43.9 Å². The van der Waals surface area contributed by atoms with Gasteiger partial charge in [-0.25, -0.2) is 4.98 Å². The van der Waals surface area contributed by atoms with Gasteiger partial charge >= 0.3 is 36.2 Å². The van der Waals surface area contributed by atoms with Crippen molar-refractivity contribution in [1.82, 2.24) is 20.3 Å². The topological polar surface area (TPSA) is 196 Å². The van der Waals surface area contributed by atoms with Crippen LogP contribution >= 0.6 is 0 Å². The smallest absolute Gasteiger partial charge is 0.550 e. The van der Waals surface area contributed by atoms with Gasteiger partial charge in [-0.2, -0.15) is 8.78 Å². The molecule has 0 aliphatic rings. The molecule has 0 bridgehead atoms. The Morgan fingerprint density at radius 3 is 2.48 bits per heavy atom. The molecule has 4 N–H and O–H groups in total. The number of methoxy groups -OCH3 is 2. The standard InChI is InChI=1S/C16H15F2N3O4S.C9H17NO5.Na/c1-23-13-5-6-19-12(14(13)24-2)8-26(22)16-20-10-4-3-9(25-15(17)18)7-11(10)21-16;1-9(2,5-11)7(14)8(15)10-4-3-6(12)13;/h3-7,15H,8H2,1-2H3,(H,20,21);7,11,14H,3-5H2,1-2H3,(H,10,15)(H,12,13);/q;;+1/p-1/t;7-;/m.0./s1. The number of aromatic amines is 1. The van der Waals surface area contributed by atoms with Gasteiger partial charge in [0.25, 0.3) is 0 Å². The summed E-state index contributed by atoms with van der Waals surface area (Å²) in [5.74, 6) is -1.06. The van der Waals surface area contributed by atoms with Crippen LogP contribution in [-0.4, -0.2) is 81.3 Å². The second kappa shape index (κ2) is 17.3. The first-order valence-electron chi connectivity index (χ1n) is 12.0. The van der Waals surface area contributed by atoms with E-state index in [0.29, 0.717) is 28.2 Å². The molecule has 0 saturated carbocycles. The van der Waals surface area contributed by atoms with Crippen molar-refractivity contribution >= 4 is 33.7 Å². The minimum absolute atomic E-state index is 0. The zero-order valence-electron chi connectivity index (χ0n) is 23.7. The number of nitrogens with one attached hydrogen (secondary N) is 2. The Morgan fingerprint density at radius 1 is 1.21 bits per heavy atom. The van der Waals surface area contributed by atoms with Gasteiger partial charge in [0.1, 0.15) is 11.9 Å². The monoisotopic (exact) mass is 624 g/mol. The third-order valence-corrected chi connectivity index (χ3v) is 6.69. The molecule has 13 nitrogen and oxygen atoms in total. The van der Waals surface area contributed by atoms with Crippen LogP contribution in [0.15, 0.2) is 35.6 Å². The normalized spacial score (nSPS) is 12.4. The summed E-state index contributed by atoms with van der Waals surface area (Å²) in [5, 5.41) is 30.8. The Balaban J connectivity index is 0.000000476. The van der Waals surface area contributed by atoms with E-state index < -0.39 is 40.8 Å². The molecular formula is C25H31F2N4NaO9S. The van der Waals surface area contributed by atoms with Gasteiger partial charge in [-0.3, -0.25) is 14.0 Å². The number of aliphatic hydroxyl groups excluding tert-OH is 2. The number of nitrogens with zero attached hydrogens (tertiary/aromatic N) is 2. The molecule has 3 aromatic rings. The maximum Gasteiger partial charge on any atom is 1.00 e. The number of benzene rings is 1. The van der Waals surface area contributed by atoms with Crippen molar-refractivity contribution in [3.63, 3.8) is 0 Å². The number of H-pyrrole nitrogens is 1. The molecule has 0 aliphatic carbocycles. The first-order chi connectivity index (χ1) is 19.3. The summed E-state index contributed by atoms with van der Waals surface area (Å²) < 4.78 is 52.1. The number of carbonyl (C=O) groups excluding carboxylic acids is 2. The van der Waals surface area contributed by atoms with Gasteiger partial charge < -0.3 is 44.6 Å². The Morgan fingerprint density at radius 2 is 1.90 bits per heavy atom. The zero-order chi connectivity index (χ0) is 30.7. The summed E-state index contributed by atoms with van der Waals surface area (Å²) >= 11 is 0. The van der Waals surface area contributed by atoms with Crippen molar-refractivity contribution in [1.29, 1.82) is 0 Å². The van der Waals surface area contributed by atoms with Crippen LogP contribution in [0.1, 0.15) is 26.0 Å². The number of aliphatic hydroxyl groups is 2. The molecule has 2 aromatic heterocycles. The van der Waals surface area contributed by atoms with Crippen LogP contribution in [0.4, 0.5) is 8.78 Å². The molecule has 0 saturated heterocycles. The van der Waals surface area contributed by atoms with E-state index in [1.165, 1.54) is 52.5 Å². The number of fused-ring (bicyclic) bond motifs is 1. The fraction of sp³-hybridized carbons (Fsp3) is 0.440. The Bertz CT molecular complexity index is 1360. The van der Waals surface area contributed by atoms with E-state index in [2.05, 4.69) is 25.0 Å². The number of alkyl halides is 2. The fourth-order valence-electron chi connectivity index (χ4n) is 3.22. The molecule has 1 amide bonds. The second-order valence-corrected chi connectivity index (χ2v) is 10.4.